The van der Waals surface area contributed by atoms with Gasteiger partial charge in [0.05, 0.1) is 0 Å². The fraction of sp³-hybridized carbons (Fsp3) is 1.00. The lowest BCUT2D eigenvalue weighted by Crippen LogP contribution is -2.40. The molecule has 74 valence electrons. The highest BCUT2D eigenvalue weighted by atomic mass is 28.4. The van der Waals surface area contributed by atoms with E-state index < -0.39 is 17.4 Å². The van der Waals surface area contributed by atoms with Gasteiger partial charge in [0, 0.05) is 0 Å². The zero-order valence-corrected chi connectivity index (χ0v) is 11.6. The van der Waals surface area contributed by atoms with Gasteiger partial charge in [0.2, 0.25) is 0 Å². The van der Waals surface area contributed by atoms with Gasteiger partial charge < -0.3 is 4.12 Å². The second-order valence-corrected chi connectivity index (χ2v) is 11.3. The van der Waals surface area contributed by atoms with E-state index in [1.54, 1.807) is 0 Å². The normalized spacial score (nSPS) is 13.0. The molecule has 0 amide bonds. The monoisotopic (exact) mass is 204 g/mol. The molecule has 0 fully saturated rings. The van der Waals surface area contributed by atoms with Crippen LogP contribution in [0.25, 0.3) is 0 Å². The van der Waals surface area contributed by atoms with E-state index in [4.69, 9.17) is 4.12 Å². The first-order valence-electron chi connectivity index (χ1n) is 5.11. The van der Waals surface area contributed by atoms with Crippen molar-refractivity contribution >= 4 is 17.4 Å². The Hall–Kier alpha value is 0.394. The van der Waals surface area contributed by atoms with E-state index in [-0.39, 0.29) is 0 Å². The highest BCUT2D eigenvalue weighted by Gasteiger charge is 2.31. The van der Waals surface area contributed by atoms with Crippen LogP contribution in [0.4, 0.5) is 0 Å². The van der Waals surface area contributed by atoms with Crippen molar-refractivity contribution in [1.82, 2.24) is 0 Å². The lowest BCUT2D eigenvalue weighted by atomic mass is 10.3. The Morgan fingerprint density at radius 3 is 1.83 bits per heavy atom. The molecule has 0 aliphatic rings. The fourth-order valence-electron chi connectivity index (χ4n) is 1.98. The molecule has 0 aromatic carbocycles. The van der Waals surface area contributed by atoms with Crippen molar-refractivity contribution in [3.05, 3.63) is 0 Å². The lowest BCUT2D eigenvalue weighted by Gasteiger charge is -2.33. The van der Waals surface area contributed by atoms with Crippen LogP contribution < -0.4 is 0 Å². The third-order valence-corrected chi connectivity index (χ3v) is 9.61. The molecular formula is C9H24OSi2. The SMILES string of the molecule is CCC(CC)[Si](C)(C)O[SiH](C)C. The van der Waals surface area contributed by atoms with E-state index in [0.29, 0.717) is 0 Å². The highest BCUT2D eigenvalue weighted by Crippen LogP contribution is 2.29. The second kappa shape index (κ2) is 5.19. The van der Waals surface area contributed by atoms with Crippen LogP contribution in [0.2, 0.25) is 31.7 Å². The smallest absolute Gasteiger partial charge is 0.176 e. The van der Waals surface area contributed by atoms with E-state index in [9.17, 15) is 0 Å². The summed E-state index contributed by atoms with van der Waals surface area (Å²) in [6, 6.07) is 0. The summed E-state index contributed by atoms with van der Waals surface area (Å²) in [5.41, 5.74) is 0.854. The van der Waals surface area contributed by atoms with Crippen molar-refractivity contribution in [2.75, 3.05) is 0 Å². The summed E-state index contributed by atoms with van der Waals surface area (Å²) < 4.78 is 6.16. The highest BCUT2D eigenvalue weighted by molar-refractivity contribution is 6.78. The fourth-order valence-corrected chi connectivity index (χ4v) is 9.57. The van der Waals surface area contributed by atoms with Crippen LogP contribution in [0, 0.1) is 0 Å². The Morgan fingerprint density at radius 1 is 1.17 bits per heavy atom. The van der Waals surface area contributed by atoms with Gasteiger partial charge in [-0.1, -0.05) is 26.7 Å². The van der Waals surface area contributed by atoms with Crippen LogP contribution >= 0.6 is 0 Å². The average Bonchev–Trinajstić information content (AvgIpc) is 1.85. The molecule has 0 saturated heterocycles. The molecule has 0 aliphatic carbocycles. The van der Waals surface area contributed by atoms with Crippen LogP contribution in [0.15, 0.2) is 0 Å². The van der Waals surface area contributed by atoms with Crippen molar-refractivity contribution in [2.45, 2.75) is 58.4 Å². The molecule has 12 heavy (non-hydrogen) atoms. The minimum Gasteiger partial charge on any atom is -0.458 e. The predicted octanol–water partition coefficient (Wildman–Crippen LogP) is 3.38. The van der Waals surface area contributed by atoms with E-state index in [1.807, 2.05) is 0 Å². The maximum absolute atomic E-state index is 6.16. The zero-order valence-electron chi connectivity index (χ0n) is 9.48. The maximum atomic E-state index is 6.16. The van der Waals surface area contributed by atoms with Crippen molar-refractivity contribution in [3.63, 3.8) is 0 Å². The Balaban J connectivity index is 4.14. The molecule has 0 aromatic rings. The molecule has 0 rings (SSSR count). The number of hydrogen-bond donors (Lipinski definition) is 0. The van der Waals surface area contributed by atoms with Gasteiger partial charge >= 0.3 is 0 Å². The molecular weight excluding hydrogens is 180 g/mol. The molecule has 0 atom stereocenters. The Morgan fingerprint density at radius 2 is 1.58 bits per heavy atom. The molecule has 0 spiro atoms. The van der Waals surface area contributed by atoms with Crippen molar-refractivity contribution in [1.29, 1.82) is 0 Å². The molecule has 0 N–H and O–H groups in total. The van der Waals surface area contributed by atoms with E-state index >= 15 is 0 Å². The van der Waals surface area contributed by atoms with Crippen molar-refractivity contribution < 1.29 is 4.12 Å². The number of hydrogen-bond acceptors (Lipinski definition) is 1. The van der Waals surface area contributed by atoms with Gasteiger partial charge in [-0.3, -0.25) is 0 Å². The van der Waals surface area contributed by atoms with Crippen molar-refractivity contribution in [2.24, 2.45) is 0 Å². The van der Waals surface area contributed by atoms with Crippen LogP contribution in [-0.4, -0.2) is 17.4 Å². The Labute approximate surface area is 80.4 Å². The largest absolute Gasteiger partial charge is 0.458 e. The van der Waals surface area contributed by atoms with Gasteiger partial charge in [-0.25, -0.2) is 0 Å². The molecule has 0 saturated carbocycles. The molecule has 1 nitrogen and oxygen atoms in total. The van der Waals surface area contributed by atoms with Crippen LogP contribution in [-0.2, 0) is 4.12 Å². The summed E-state index contributed by atoms with van der Waals surface area (Å²) in [6.07, 6.45) is 2.58. The van der Waals surface area contributed by atoms with Gasteiger partial charge in [-0.05, 0) is 31.7 Å². The van der Waals surface area contributed by atoms with Crippen LogP contribution in [0.1, 0.15) is 26.7 Å². The maximum Gasteiger partial charge on any atom is 0.176 e. The molecule has 0 unspecified atom stereocenters. The topological polar surface area (TPSA) is 9.23 Å². The van der Waals surface area contributed by atoms with E-state index in [2.05, 4.69) is 40.0 Å². The minimum absolute atomic E-state index is 0.818. The van der Waals surface area contributed by atoms with Gasteiger partial charge in [0.1, 0.15) is 0 Å². The molecule has 0 bridgehead atoms. The minimum atomic E-state index is -1.33. The van der Waals surface area contributed by atoms with Crippen molar-refractivity contribution in [3.8, 4) is 0 Å². The Kier molecular flexibility index (Phi) is 5.36. The lowest BCUT2D eigenvalue weighted by molar-refractivity contribution is 0.528. The van der Waals surface area contributed by atoms with Gasteiger partial charge in [-0.2, -0.15) is 0 Å². The summed E-state index contributed by atoms with van der Waals surface area (Å²) in [4.78, 5) is 0. The molecule has 0 heterocycles. The second-order valence-electron chi connectivity index (χ2n) is 4.28. The average molecular weight is 204 g/mol. The Bertz CT molecular complexity index is 120. The summed E-state index contributed by atoms with van der Waals surface area (Å²) in [5.74, 6) is 0. The number of rotatable bonds is 5. The van der Waals surface area contributed by atoms with Gasteiger partial charge in [0.15, 0.2) is 17.4 Å². The first-order valence-corrected chi connectivity index (χ1v) is 10.9. The summed E-state index contributed by atoms with van der Waals surface area (Å²) in [7, 11) is -2.15. The van der Waals surface area contributed by atoms with Crippen LogP contribution in [0.3, 0.4) is 0 Å². The van der Waals surface area contributed by atoms with Gasteiger partial charge in [-0.15, -0.1) is 0 Å². The van der Waals surface area contributed by atoms with Crippen LogP contribution in [0.5, 0.6) is 0 Å². The standard InChI is InChI=1S/C9H24OSi2/c1-7-9(8-2)12(5,6)10-11(3)4/h9,11H,7-8H2,1-6H3. The first kappa shape index (κ1) is 12.4. The molecule has 0 radical (unpaired) electrons. The first-order chi connectivity index (χ1) is 5.44. The summed E-state index contributed by atoms with van der Waals surface area (Å²) >= 11 is 0. The van der Waals surface area contributed by atoms with Gasteiger partial charge in [0.25, 0.3) is 0 Å². The zero-order chi connectivity index (χ0) is 9.78. The third-order valence-electron chi connectivity index (χ3n) is 2.51. The summed E-state index contributed by atoms with van der Waals surface area (Å²) in [6.45, 7) is 13.9. The molecule has 0 aliphatic heterocycles. The van der Waals surface area contributed by atoms with E-state index in [1.165, 1.54) is 12.8 Å². The van der Waals surface area contributed by atoms with E-state index in [0.717, 1.165) is 5.54 Å². The molecule has 0 aromatic heterocycles. The third kappa shape index (κ3) is 3.87. The quantitative estimate of drug-likeness (QED) is 0.624. The predicted molar refractivity (Wildman–Crippen MR) is 61.8 cm³/mol. The summed E-state index contributed by atoms with van der Waals surface area (Å²) in [5, 5.41) is 0. The molecule has 3 heteroatoms.